The summed E-state index contributed by atoms with van der Waals surface area (Å²) in [5, 5.41) is 7.72. The molecular formula is C27H27ClN6O3. The van der Waals surface area contributed by atoms with Crippen molar-refractivity contribution in [3.05, 3.63) is 82.4 Å². The first-order chi connectivity index (χ1) is 17.9. The fourth-order valence-electron chi connectivity index (χ4n) is 4.98. The molecule has 0 spiro atoms. The number of nitrogens with zero attached hydrogens (tertiary/aromatic N) is 5. The molecule has 3 heterocycles. The van der Waals surface area contributed by atoms with Crippen molar-refractivity contribution in [1.29, 1.82) is 0 Å². The number of benzene rings is 2. The van der Waals surface area contributed by atoms with Crippen molar-refractivity contribution in [1.82, 2.24) is 30.0 Å². The Hall–Kier alpha value is -3.98. The predicted molar refractivity (Wildman–Crippen MR) is 140 cm³/mol. The quantitative estimate of drug-likeness (QED) is 0.431. The first kappa shape index (κ1) is 24.7. The van der Waals surface area contributed by atoms with Crippen LogP contribution >= 0.6 is 11.6 Å². The minimum Gasteiger partial charge on any atom is -0.494 e. The Morgan fingerprint density at radius 1 is 1.14 bits per heavy atom. The van der Waals surface area contributed by atoms with Crippen molar-refractivity contribution in [2.75, 3.05) is 20.2 Å². The molecule has 9 nitrogen and oxygen atoms in total. The van der Waals surface area contributed by atoms with Crippen molar-refractivity contribution < 1.29 is 14.3 Å². The maximum absolute atomic E-state index is 13.6. The van der Waals surface area contributed by atoms with E-state index in [1.54, 1.807) is 45.6 Å². The summed E-state index contributed by atoms with van der Waals surface area (Å²) < 4.78 is 6.97. The molecular weight excluding hydrogens is 492 g/mol. The van der Waals surface area contributed by atoms with Gasteiger partial charge in [0.05, 0.1) is 23.9 Å². The number of hydrogen-bond donors (Lipinski definition) is 1. The molecule has 190 valence electrons. The monoisotopic (exact) mass is 518 g/mol. The number of halogens is 1. The van der Waals surface area contributed by atoms with Gasteiger partial charge in [0, 0.05) is 50.1 Å². The number of hydrogen-bond acceptors (Lipinski definition) is 6. The van der Waals surface area contributed by atoms with Gasteiger partial charge in [-0.25, -0.2) is 4.98 Å². The normalized spacial score (nSPS) is 17.6. The van der Waals surface area contributed by atoms with Gasteiger partial charge in [-0.1, -0.05) is 41.9 Å². The summed E-state index contributed by atoms with van der Waals surface area (Å²) in [6.45, 7) is 2.68. The lowest BCUT2D eigenvalue weighted by Gasteiger charge is -2.39. The van der Waals surface area contributed by atoms with Gasteiger partial charge < -0.3 is 15.0 Å². The van der Waals surface area contributed by atoms with E-state index in [0.717, 1.165) is 5.56 Å². The minimum absolute atomic E-state index is 0.110. The Bertz CT molecular complexity index is 1470. The van der Waals surface area contributed by atoms with Crippen LogP contribution in [0, 0.1) is 6.92 Å². The van der Waals surface area contributed by atoms with Gasteiger partial charge in [0.15, 0.2) is 0 Å². The van der Waals surface area contributed by atoms with E-state index in [1.807, 2.05) is 35.2 Å². The molecule has 1 fully saturated rings. The summed E-state index contributed by atoms with van der Waals surface area (Å²) in [6.07, 6.45) is 3.76. The van der Waals surface area contributed by atoms with Crippen LogP contribution in [0.2, 0.25) is 5.15 Å². The van der Waals surface area contributed by atoms with Crippen molar-refractivity contribution >= 4 is 34.4 Å². The number of aromatic nitrogens is 4. The fraction of sp³-hybridized carbons (Fsp3) is 0.296. The molecule has 1 aliphatic heterocycles. The van der Waals surface area contributed by atoms with Crippen LogP contribution in [0.25, 0.3) is 11.0 Å². The summed E-state index contributed by atoms with van der Waals surface area (Å²) in [5.74, 6) is 0.00188. The number of aryl methyl sites for hydroxylation is 2. The van der Waals surface area contributed by atoms with Crippen molar-refractivity contribution in [3.8, 4) is 5.75 Å². The topological polar surface area (TPSA) is 102 Å². The van der Waals surface area contributed by atoms with Gasteiger partial charge in [0.1, 0.15) is 16.4 Å². The third kappa shape index (κ3) is 4.74. The predicted octanol–water partition coefficient (Wildman–Crippen LogP) is 3.76. The van der Waals surface area contributed by atoms with Crippen LogP contribution in [0.15, 0.2) is 54.9 Å². The molecule has 10 heteroatoms. The second-order valence-corrected chi connectivity index (χ2v) is 9.47. The van der Waals surface area contributed by atoms with E-state index in [1.165, 1.54) is 4.68 Å². The lowest BCUT2D eigenvalue weighted by atomic mass is 9.85. The number of nitrogens with one attached hydrogen (secondary N) is 1. The maximum atomic E-state index is 13.6. The molecule has 37 heavy (non-hydrogen) atoms. The zero-order valence-electron chi connectivity index (χ0n) is 20.8. The summed E-state index contributed by atoms with van der Waals surface area (Å²) >= 11 is 6.35. The maximum Gasteiger partial charge on any atom is 0.256 e. The average molecular weight is 519 g/mol. The van der Waals surface area contributed by atoms with Gasteiger partial charge in [0.2, 0.25) is 0 Å². The Kier molecular flexibility index (Phi) is 6.80. The van der Waals surface area contributed by atoms with Crippen LogP contribution < -0.4 is 10.1 Å². The van der Waals surface area contributed by atoms with Crippen LogP contribution in [-0.2, 0) is 7.05 Å². The third-order valence-corrected chi connectivity index (χ3v) is 7.26. The average Bonchev–Trinajstić information content (AvgIpc) is 3.18. The van der Waals surface area contributed by atoms with E-state index in [9.17, 15) is 9.59 Å². The minimum atomic E-state index is -0.265. The van der Waals surface area contributed by atoms with Crippen LogP contribution in [-0.4, -0.2) is 62.7 Å². The molecule has 1 saturated heterocycles. The highest BCUT2D eigenvalue weighted by Gasteiger charge is 2.35. The number of rotatable bonds is 5. The molecule has 2 atom stereocenters. The molecule has 2 amide bonds. The van der Waals surface area contributed by atoms with E-state index in [2.05, 4.69) is 20.4 Å². The fourth-order valence-corrected chi connectivity index (χ4v) is 5.24. The molecule has 1 N–H and O–H groups in total. The molecule has 2 aromatic carbocycles. The molecule has 1 aliphatic rings. The van der Waals surface area contributed by atoms with Gasteiger partial charge >= 0.3 is 0 Å². The smallest absolute Gasteiger partial charge is 0.256 e. The second kappa shape index (κ2) is 10.2. The zero-order chi connectivity index (χ0) is 26.1. The van der Waals surface area contributed by atoms with Crippen LogP contribution in [0.3, 0.4) is 0 Å². The standard InChI is InChI=1S/C27H27ClN6O3/c1-16-23(25(28)33(2)32-16)26(35)31-20-9-12-34(15-19(20)17-7-5-4-6-8-17)27(36)18-13-21-24(22(14-18)37-3)30-11-10-29-21/h4-8,10-11,13-14,19-20H,9,12,15H2,1-3H3,(H,31,35)/t19-,20-/m1/s1. The lowest BCUT2D eigenvalue weighted by molar-refractivity contribution is 0.0671. The Morgan fingerprint density at radius 2 is 1.89 bits per heavy atom. The zero-order valence-corrected chi connectivity index (χ0v) is 21.6. The van der Waals surface area contributed by atoms with Gasteiger partial charge in [-0.05, 0) is 31.0 Å². The number of fused-ring (bicyclic) bond motifs is 1. The van der Waals surface area contributed by atoms with Crippen molar-refractivity contribution in [2.24, 2.45) is 7.05 Å². The van der Waals surface area contributed by atoms with Gasteiger partial charge in [-0.3, -0.25) is 19.3 Å². The molecule has 0 aliphatic carbocycles. The third-order valence-electron chi connectivity index (χ3n) is 6.83. The second-order valence-electron chi connectivity index (χ2n) is 9.11. The van der Waals surface area contributed by atoms with Crippen LogP contribution in [0.4, 0.5) is 0 Å². The number of methoxy groups -OCH3 is 1. The summed E-state index contributed by atoms with van der Waals surface area (Å²) in [5.41, 5.74) is 3.67. The van der Waals surface area contributed by atoms with Gasteiger partial charge in [0.25, 0.3) is 11.8 Å². The first-order valence-corrected chi connectivity index (χ1v) is 12.4. The highest BCUT2D eigenvalue weighted by atomic mass is 35.5. The molecule has 5 rings (SSSR count). The summed E-state index contributed by atoms with van der Waals surface area (Å²) in [6, 6.07) is 13.2. The van der Waals surface area contributed by atoms with E-state index < -0.39 is 0 Å². The SMILES string of the molecule is COc1cc(C(=O)N2CC[C@@H](NC(=O)c3c(C)nn(C)c3Cl)[C@@H](c3ccccc3)C2)cc2nccnc12. The van der Waals surface area contributed by atoms with Gasteiger partial charge in [-0.2, -0.15) is 5.10 Å². The molecule has 0 radical (unpaired) electrons. The largest absolute Gasteiger partial charge is 0.494 e. The Labute approximate surface area is 219 Å². The Balaban J connectivity index is 1.42. The van der Waals surface area contributed by atoms with Crippen molar-refractivity contribution in [3.63, 3.8) is 0 Å². The highest BCUT2D eigenvalue weighted by Crippen LogP contribution is 2.31. The van der Waals surface area contributed by atoms with E-state index >= 15 is 0 Å². The molecule has 0 bridgehead atoms. The molecule has 4 aromatic rings. The summed E-state index contributed by atoms with van der Waals surface area (Å²) in [4.78, 5) is 37.4. The highest BCUT2D eigenvalue weighted by molar-refractivity contribution is 6.33. The first-order valence-electron chi connectivity index (χ1n) is 12.0. The number of carbonyl (C=O) groups excluding carboxylic acids is 2. The van der Waals surface area contributed by atoms with E-state index in [4.69, 9.17) is 16.3 Å². The van der Waals surface area contributed by atoms with Crippen LogP contribution in [0.1, 0.15) is 44.3 Å². The van der Waals surface area contributed by atoms with E-state index in [0.29, 0.717) is 58.3 Å². The molecule has 0 saturated carbocycles. The van der Waals surface area contributed by atoms with Gasteiger partial charge in [-0.15, -0.1) is 0 Å². The Morgan fingerprint density at radius 3 is 2.59 bits per heavy atom. The van der Waals surface area contributed by atoms with E-state index in [-0.39, 0.29) is 23.8 Å². The number of likely N-dealkylation sites (tertiary alicyclic amines) is 1. The van der Waals surface area contributed by atoms with Crippen LogP contribution in [0.5, 0.6) is 5.75 Å². The number of ether oxygens (including phenoxy) is 1. The molecule has 2 aromatic heterocycles. The number of piperidine rings is 1. The number of amides is 2. The summed E-state index contributed by atoms with van der Waals surface area (Å²) in [7, 11) is 3.25. The molecule has 0 unspecified atom stereocenters. The lowest BCUT2D eigenvalue weighted by Crippen LogP contribution is -2.51. The van der Waals surface area contributed by atoms with Crippen molar-refractivity contribution in [2.45, 2.75) is 25.3 Å². The number of carbonyl (C=O) groups is 2.